The normalized spacial score (nSPS) is 12.8. The molecule has 0 aliphatic heterocycles. The van der Waals surface area contributed by atoms with Gasteiger partial charge in [-0.15, -0.1) is 0 Å². The Hall–Kier alpha value is -0.420. The Kier molecular flexibility index (Phi) is 5.11. The first-order chi connectivity index (χ1) is 6.74. The van der Waals surface area contributed by atoms with Gasteiger partial charge in [0.05, 0.1) is 19.3 Å². The quantitative estimate of drug-likeness (QED) is 0.838. The van der Waals surface area contributed by atoms with Gasteiger partial charge in [-0.05, 0) is 11.6 Å². The minimum atomic E-state index is -0.572. The highest BCUT2D eigenvalue weighted by Gasteiger charge is 2.02. The Balaban J connectivity index is 2.35. The summed E-state index contributed by atoms with van der Waals surface area (Å²) in [7, 11) is 0. The fourth-order valence-corrected chi connectivity index (χ4v) is 1.39. The van der Waals surface area contributed by atoms with Crippen LogP contribution in [0.4, 0.5) is 0 Å². The van der Waals surface area contributed by atoms with E-state index >= 15 is 0 Å². The van der Waals surface area contributed by atoms with Gasteiger partial charge in [0.2, 0.25) is 0 Å². The molecule has 1 atom stereocenters. The highest BCUT2D eigenvalue weighted by molar-refractivity contribution is 9.10. The van der Waals surface area contributed by atoms with Crippen molar-refractivity contribution < 1.29 is 9.84 Å². The highest BCUT2D eigenvalue weighted by Crippen LogP contribution is 2.16. The molecule has 4 heteroatoms. The highest BCUT2D eigenvalue weighted by atomic mass is 79.9. The van der Waals surface area contributed by atoms with Crippen LogP contribution in [0.3, 0.4) is 0 Å². The van der Waals surface area contributed by atoms with Crippen molar-refractivity contribution in [1.82, 2.24) is 0 Å². The molecule has 1 aromatic carbocycles. The van der Waals surface area contributed by atoms with Crippen molar-refractivity contribution in [3.8, 4) is 0 Å². The average molecular weight is 260 g/mol. The maximum Gasteiger partial charge on any atom is 0.0895 e. The van der Waals surface area contributed by atoms with Gasteiger partial charge in [-0.25, -0.2) is 0 Å². The number of benzene rings is 1. The fourth-order valence-electron chi connectivity index (χ4n) is 0.988. The van der Waals surface area contributed by atoms with Crippen molar-refractivity contribution in [3.63, 3.8) is 0 Å². The van der Waals surface area contributed by atoms with Crippen LogP contribution in [-0.2, 0) is 11.3 Å². The van der Waals surface area contributed by atoms with Crippen LogP contribution in [0.2, 0.25) is 0 Å². The van der Waals surface area contributed by atoms with Crippen molar-refractivity contribution in [2.45, 2.75) is 12.7 Å². The molecule has 0 aliphatic rings. The maximum atomic E-state index is 9.14. The molecule has 0 fully saturated rings. The number of halogens is 1. The van der Waals surface area contributed by atoms with E-state index in [1.807, 2.05) is 24.3 Å². The van der Waals surface area contributed by atoms with Crippen LogP contribution in [-0.4, -0.2) is 24.4 Å². The Bertz CT molecular complexity index is 281. The lowest BCUT2D eigenvalue weighted by atomic mass is 10.2. The van der Waals surface area contributed by atoms with E-state index in [-0.39, 0.29) is 13.2 Å². The molecule has 0 bridgehead atoms. The van der Waals surface area contributed by atoms with E-state index < -0.39 is 6.10 Å². The second-order valence-electron chi connectivity index (χ2n) is 3.00. The topological polar surface area (TPSA) is 55.5 Å². The summed E-state index contributed by atoms with van der Waals surface area (Å²) in [5.74, 6) is 0. The van der Waals surface area contributed by atoms with Crippen LogP contribution in [0.1, 0.15) is 5.56 Å². The second kappa shape index (κ2) is 6.14. The molecule has 3 N–H and O–H groups in total. The molecule has 0 spiro atoms. The smallest absolute Gasteiger partial charge is 0.0895 e. The summed E-state index contributed by atoms with van der Waals surface area (Å²) in [5.41, 5.74) is 6.31. The third-order valence-corrected chi connectivity index (χ3v) is 2.57. The van der Waals surface area contributed by atoms with Gasteiger partial charge in [-0.2, -0.15) is 0 Å². The molecular weight excluding hydrogens is 246 g/mol. The monoisotopic (exact) mass is 259 g/mol. The summed E-state index contributed by atoms with van der Waals surface area (Å²) >= 11 is 3.41. The minimum Gasteiger partial charge on any atom is -0.389 e. The zero-order valence-corrected chi connectivity index (χ0v) is 9.40. The molecule has 0 heterocycles. The third kappa shape index (κ3) is 3.75. The fraction of sp³-hybridized carbons (Fsp3) is 0.400. The SMILES string of the molecule is NC[C@H](O)COCc1ccccc1Br. The Morgan fingerprint density at radius 1 is 1.43 bits per heavy atom. The molecule has 0 radical (unpaired) electrons. The zero-order chi connectivity index (χ0) is 10.4. The van der Waals surface area contributed by atoms with E-state index in [1.165, 1.54) is 0 Å². The molecule has 1 aromatic rings. The van der Waals surface area contributed by atoms with Crippen LogP contribution in [0.15, 0.2) is 28.7 Å². The van der Waals surface area contributed by atoms with E-state index in [1.54, 1.807) is 0 Å². The van der Waals surface area contributed by atoms with Crippen LogP contribution in [0, 0.1) is 0 Å². The third-order valence-electron chi connectivity index (χ3n) is 1.80. The number of aliphatic hydroxyl groups excluding tert-OH is 1. The minimum absolute atomic E-state index is 0.232. The van der Waals surface area contributed by atoms with Gasteiger partial charge < -0.3 is 15.6 Å². The van der Waals surface area contributed by atoms with Gasteiger partial charge in [0.15, 0.2) is 0 Å². The first kappa shape index (κ1) is 11.7. The molecule has 0 aromatic heterocycles. The van der Waals surface area contributed by atoms with E-state index in [0.29, 0.717) is 6.61 Å². The summed E-state index contributed by atoms with van der Waals surface area (Å²) < 4.78 is 6.31. The molecule has 14 heavy (non-hydrogen) atoms. The van der Waals surface area contributed by atoms with Crippen LogP contribution in [0.5, 0.6) is 0 Å². The lowest BCUT2D eigenvalue weighted by Gasteiger charge is -2.09. The average Bonchev–Trinajstić information content (AvgIpc) is 2.20. The Labute approximate surface area is 92.0 Å². The van der Waals surface area contributed by atoms with Gasteiger partial charge in [-0.1, -0.05) is 34.1 Å². The van der Waals surface area contributed by atoms with Crippen LogP contribution in [0.25, 0.3) is 0 Å². The zero-order valence-electron chi connectivity index (χ0n) is 7.82. The standard InChI is InChI=1S/C10H14BrNO2/c11-10-4-2-1-3-8(10)6-14-7-9(13)5-12/h1-4,9,13H,5-7,12H2/t9-/m0/s1. The van der Waals surface area contributed by atoms with Crippen molar-refractivity contribution in [1.29, 1.82) is 0 Å². The molecule has 0 saturated carbocycles. The van der Waals surface area contributed by atoms with Crippen LogP contribution < -0.4 is 5.73 Å². The number of hydrogen-bond donors (Lipinski definition) is 2. The van der Waals surface area contributed by atoms with Gasteiger partial charge in [0.25, 0.3) is 0 Å². The lowest BCUT2D eigenvalue weighted by molar-refractivity contribution is 0.0327. The Morgan fingerprint density at radius 3 is 2.79 bits per heavy atom. The van der Waals surface area contributed by atoms with Gasteiger partial charge in [0.1, 0.15) is 0 Å². The van der Waals surface area contributed by atoms with Crippen molar-refractivity contribution in [3.05, 3.63) is 34.3 Å². The first-order valence-corrected chi connectivity index (χ1v) is 5.22. The number of nitrogens with two attached hydrogens (primary N) is 1. The molecule has 78 valence electrons. The first-order valence-electron chi connectivity index (χ1n) is 4.43. The van der Waals surface area contributed by atoms with Crippen LogP contribution >= 0.6 is 15.9 Å². The number of hydrogen-bond acceptors (Lipinski definition) is 3. The predicted octanol–water partition coefficient (Wildman–Crippen LogP) is 1.29. The second-order valence-corrected chi connectivity index (χ2v) is 3.85. The molecular formula is C10H14BrNO2. The summed E-state index contributed by atoms with van der Waals surface area (Å²) in [6.07, 6.45) is -0.572. The van der Waals surface area contributed by atoms with E-state index in [4.69, 9.17) is 15.6 Å². The van der Waals surface area contributed by atoms with E-state index in [0.717, 1.165) is 10.0 Å². The van der Waals surface area contributed by atoms with Crippen molar-refractivity contribution in [2.24, 2.45) is 5.73 Å². The molecule has 3 nitrogen and oxygen atoms in total. The molecule has 0 unspecified atom stereocenters. The summed E-state index contributed by atoms with van der Waals surface area (Å²) in [6.45, 7) is 0.992. The van der Waals surface area contributed by atoms with Gasteiger partial charge in [-0.3, -0.25) is 0 Å². The molecule has 1 rings (SSSR count). The van der Waals surface area contributed by atoms with Crippen molar-refractivity contribution in [2.75, 3.05) is 13.2 Å². The maximum absolute atomic E-state index is 9.14. The molecule has 0 amide bonds. The van der Waals surface area contributed by atoms with E-state index in [2.05, 4.69) is 15.9 Å². The van der Waals surface area contributed by atoms with Gasteiger partial charge >= 0.3 is 0 Å². The Morgan fingerprint density at radius 2 is 2.14 bits per heavy atom. The summed E-state index contributed by atoms with van der Waals surface area (Å²) in [4.78, 5) is 0. The molecule has 0 aliphatic carbocycles. The van der Waals surface area contributed by atoms with Gasteiger partial charge in [0, 0.05) is 11.0 Å². The van der Waals surface area contributed by atoms with E-state index in [9.17, 15) is 0 Å². The molecule has 0 saturated heterocycles. The number of rotatable bonds is 5. The number of ether oxygens (including phenoxy) is 1. The summed E-state index contributed by atoms with van der Waals surface area (Å²) in [6, 6.07) is 7.82. The largest absolute Gasteiger partial charge is 0.389 e. The van der Waals surface area contributed by atoms with Crippen molar-refractivity contribution >= 4 is 15.9 Å². The lowest BCUT2D eigenvalue weighted by Crippen LogP contribution is -2.25. The number of aliphatic hydroxyl groups is 1. The predicted molar refractivity (Wildman–Crippen MR) is 58.9 cm³/mol. The summed E-state index contributed by atoms with van der Waals surface area (Å²) in [5, 5.41) is 9.14.